The second kappa shape index (κ2) is 16.3. The van der Waals surface area contributed by atoms with Gasteiger partial charge in [-0.1, -0.05) is 102 Å². The van der Waals surface area contributed by atoms with Gasteiger partial charge >= 0.3 is 0 Å². The van der Waals surface area contributed by atoms with Crippen molar-refractivity contribution in [3.8, 4) is 68.1 Å². The van der Waals surface area contributed by atoms with Gasteiger partial charge in [-0.2, -0.15) is 0 Å². The SMILES string of the molecule is C[Si](C)(C)C#Cc1cc(C#C[Si](C)(C)C)cc(-c2c3nc(cc4ccc([nH]4)c(-c4cc(C#C[Si](C)(C)C)cc(C#C[Si](C)(C)C)c4)c4nc(cc5ccc2[nH]5)C=C4)C=C3)c1. The first-order chi connectivity index (χ1) is 28.1. The highest BCUT2D eigenvalue weighted by Gasteiger charge is 2.17. The van der Waals surface area contributed by atoms with Gasteiger partial charge in [-0.05, 0) is 108 Å². The minimum atomic E-state index is -1.63. The maximum Gasteiger partial charge on any atom is 0.129 e. The summed E-state index contributed by atoms with van der Waals surface area (Å²) in [6.07, 6.45) is 8.40. The Balaban J connectivity index is 1.49. The third kappa shape index (κ3) is 11.2. The summed E-state index contributed by atoms with van der Waals surface area (Å²) in [5.41, 5.74) is 29.5. The first-order valence-corrected chi connectivity index (χ1v) is 34.7. The van der Waals surface area contributed by atoms with E-state index >= 15 is 0 Å². The standard InChI is InChI=1S/C52H54N4Si4/c1-57(2,3)25-21-37-29-38(22-26-58(4,5)6)32-41(31-37)51-47-17-13-43(53-47)35-45-15-19-49(55-45)52(50-20-16-46(56-50)36-44-14-18-48(51)54-44)42-33-39(23-27-59(7,8)9)30-40(34-42)24-28-60(10,11)12/h13-20,29-36,53,56H,1-12H3. The lowest BCUT2D eigenvalue weighted by Gasteiger charge is -2.09. The normalized spacial score (nSPS) is 12.3. The van der Waals surface area contributed by atoms with Crippen molar-refractivity contribution in [3.63, 3.8) is 0 Å². The molecule has 0 spiro atoms. The molecule has 60 heavy (non-hydrogen) atoms. The number of benzene rings is 2. The van der Waals surface area contributed by atoms with Gasteiger partial charge in [-0.15, -0.1) is 22.2 Å². The number of hydrogen-bond donors (Lipinski definition) is 2. The minimum absolute atomic E-state index is 0.859. The Morgan fingerprint density at radius 3 is 1.00 bits per heavy atom. The zero-order chi connectivity index (χ0) is 43.0. The van der Waals surface area contributed by atoms with E-state index in [1.165, 1.54) is 0 Å². The lowest BCUT2D eigenvalue weighted by molar-refractivity contribution is 1.31. The number of aromatic amines is 2. The predicted octanol–water partition coefficient (Wildman–Crippen LogP) is 12.9. The summed E-state index contributed by atoms with van der Waals surface area (Å²) in [4.78, 5) is 17.9. The maximum atomic E-state index is 5.24. The van der Waals surface area contributed by atoms with Crippen molar-refractivity contribution in [2.75, 3.05) is 0 Å². The monoisotopic (exact) mass is 846 g/mol. The van der Waals surface area contributed by atoms with Crippen LogP contribution in [0.2, 0.25) is 78.6 Å². The summed E-state index contributed by atoms with van der Waals surface area (Å²) in [5.74, 6) is 14.1. The third-order valence-electron chi connectivity index (χ3n) is 9.17. The van der Waals surface area contributed by atoms with E-state index in [1.54, 1.807) is 0 Å². The minimum Gasteiger partial charge on any atom is -0.355 e. The quantitative estimate of drug-likeness (QED) is 0.135. The van der Waals surface area contributed by atoms with Gasteiger partial charge in [-0.25, -0.2) is 9.97 Å². The summed E-state index contributed by atoms with van der Waals surface area (Å²) in [6.45, 7) is 27.3. The van der Waals surface area contributed by atoms with Gasteiger partial charge in [0.05, 0.1) is 22.8 Å². The molecule has 2 aromatic carbocycles. The number of nitrogens with one attached hydrogen (secondary N) is 2. The fourth-order valence-electron chi connectivity index (χ4n) is 6.55. The van der Waals surface area contributed by atoms with Crippen LogP contribution in [0.5, 0.6) is 0 Å². The van der Waals surface area contributed by atoms with E-state index in [0.717, 1.165) is 89.4 Å². The van der Waals surface area contributed by atoms with Gasteiger partial charge in [0.2, 0.25) is 0 Å². The lowest BCUT2D eigenvalue weighted by atomic mass is 9.98. The molecular formula is C52H54N4Si4. The number of nitrogens with zero attached hydrogens (tertiary/aromatic N) is 2. The Hall–Kier alpha value is -5.85. The smallest absolute Gasteiger partial charge is 0.129 e. The van der Waals surface area contributed by atoms with Crippen LogP contribution < -0.4 is 0 Å². The van der Waals surface area contributed by atoms with Crippen molar-refractivity contribution >= 4 is 78.7 Å². The van der Waals surface area contributed by atoms with Crippen molar-refractivity contribution in [2.45, 2.75) is 78.6 Å². The maximum absolute atomic E-state index is 5.24. The van der Waals surface area contributed by atoms with Gasteiger partial charge in [0, 0.05) is 55.4 Å². The van der Waals surface area contributed by atoms with Crippen molar-refractivity contribution in [1.29, 1.82) is 0 Å². The van der Waals surface area contributed by atoms with Gasteiger partial charge in [0.15, 0.2) is 0 Å². The van der Waals surface area contributed by atoms with Crippen LogP contribution in [-0.2, 0) is 0 Å². The third-order valence-corrected chi connectivity index (χ3v) is 12.7. The molecule has 3 aromatic heterocycles. The Morgan fingerprint density at radius 2 is 0.700 bits per heavy atom. The van der Waals surface area contributed by atoms with Crippen LogP contribution >= 0.6 is 0 Å². The molecule has 0 atom stereocenters. The zero-order valence-corrected chi connectivity index (χ0v) is 41.1. The van der Waals surface area contributed by atoms with Crippen LogP contribution in [0.25, 0.3) is 68.6 Å². The fourth-order valence-corrected chi connectivity index (χ4v) is 8.63. The molecule has 2 aliphatic heterocycles. The van der Waals surface area contributed by atoms with E-state index in [1.807, 2.05) is 0 Å². The molecule has 0 unspecified atom stereocenters. The predicted molar refractivity (Wildman–Crippen MR) is 271 cm³/mol. The average molecular weight is 847 g/mol. The Kier molecular flexibility index (Phi) is 11.5. The molecule has 8 heteroatoms. The topological polar surface area (TPSA) is 57.4 Å². The number of aromatic nitrogens is 4. The van der Waals surface area contributed by atoms with Crippen molar-refractivity contribution < 1.29 is 0 Å². The largest absolute Gasteiger partial charge is 0.355 e. The first-order valence-electron chi connectivity index (χ1n) is 20.7. The first kappa shape index (κ1) is 42.3. The number of H-pyrrole nitrogens is 2. The Morgan fingerprint density at radius 1 is 0.383 bits per heavy atom. The molecule has 0 radical (unpaired) electrons. The molecule has 7 rings (SSSR count). The van der Waals surface area contributed by atoms with Crippen LogP contribution in [-0.4, -0.2) is 52.2 Å². The molecule has 2 aliphatic rings. The van der Waals surface area contributed by atoms with E-state index in [0.29, 0.717) is 0 Å². The molecular weight excluding hydrogens is 793 g/mol. The Bertz CT molecular complexity index is 2740. The van der Waals surface area contributed by atoms with Crippen molar-refractivity contribution in [1.82, 2.24) is 19.9 Å². The van der Waals surface area contributed by atoms with Crippen LogP contribution in [0, 0.1) is 45.9 Å². The average Bonchev–Trinajstić information content (AvgIpc) is 3.98. The van der Waals surface area contributed by atoms with Crippen LogP contribution in [0.15, 0.2) is 72.8 Å². The molecule has 0 aliphatic carbocycles. The summed E-state index contributed by atoms with van der Waals surface area (Å²) in [5, 5.41) is 0. The van der Waals surface area contributed by atoms with Gasteiger partial charge in [0.25, 0.3) is 0 Å². The van der Waals surface area contributed by atoms with E-state index in [9.17, 15) is 0 Å². The number of hydrogen-bond acceptors (Lipinski definition) is 2. The van der Waals surface area contributed by atoms with E-state index in [-0.39, 0.29) is 0 Å². The summed E-state index contributed by atoms with van der Waals surface area (Å²) < 4.78 is 0. The van der Waals surface area contributed by atoms with Crippen molar-refractivity contribution in [3.05, 3.63) is 118 Å². The molecule has 298 valence electrons. The molecule has 0 saturated heterocycles. The van der Waals surface area contributed by atoms with Crippen LogP contribution in [0.3, 0.4) is 0 Å². The zero-order valence-electron chi connectivity index (χ0n) is 37.1. The number of rotatable bonds is 2. The van der Waals surface area contributed by atoms with Crippen LogP contribution in [0.4, 0.5) is 0 Å². The highest BCUT2D eigenvalue weighted by Crippen LogP contribution is 2.34. The molecule has 8 bridgehead atoms. The molecule has 5 aromatic rings. The van der Waals surface area contributed by atoms with Crippen LogP contribution in [0.1, 0.15) is 45.0 Å². The molecule has 4 nitrogen and oxygen atoms in total. The molecule has 0 saturated carbocycles. The van der Waals surface area contributed by atoms with Gasteiger partial charge in [-0.3, -0.25) is 0 Å². The Labute approximate surface area is 361 Å². The van der Waals surface area contributed by atoms with E-state index in [4.69, 9.17) is 9.97 Å². The lowest BCUT2D eigenvalue weighted by Crippen LogP contribution is -2.16. The highest BCUT2D eigenvalue weighted by atomic mass is 28.3. The molecule has 5 heterocycles. The fraction of sp³-hybridized carbons (Fsp3) is 0.231. The second-order valence-corrected chi connectivity index (χ2v) is 38.8. The summed E-state index contributed by atoms with van der Waals surface area (Å²) in [7, 11) is -6.50. The molecule has 2 N–H and O–H groups in total. The second-order valence-electron chi connectivity index (χ2n) is 19.8. The highest BCUT2D eigenvalue weighted by molar-refractivity contribution is 6.85. The molecule has 0 fully saturated rings. The summed E-state index contributed by atoms with van der Waals surface area (Å²) in [6, 6.07) is 25.8. The number of fused-ring (bicyclic) bond motifs is 8. The summed E-state index contributed by atoms with van der Waals surface area (Å²) >= 11 is 0. The van der Waals surface area contributed by atoms with E-state index in [2.05, 4.69) is 231 Å². The van der Waals surface area contributed by atoms with E-state index < -0.39 is 32.3 Å². The molecule has 0 amide bonds. The van der Waals surface area contributed by atoms with Gasteiger partial charge < -0.3 is 9.97 Å². The van der Waals surface area contributed by atoms with Crippen molar-refractivity contribution in [2.24, 2.45) is 0 Å². The van der Waals surface area contributed by atoms with Gasteiger partial charge in [0.1, 0.15) is 32.3 Å².